The van der Waals surface area contributed by atoms with Crippen LogP contribution in [0.1, 0.15) is 13.8 Å². The van der Waals surface area contributed by atoms with Gasteiger partial charge < -0.3 is 14.5 Å². The Hall–Kier alpha value is -1.36. The minimum atomic E-state index is -0.474. The smallest absolute Gasteiger partial charge is 0.316 e. The van der Waals surface area contributed by atoms with Gasteiger partial charge in [0.25, 0.3) is 0 Å². The van der Waals surface area contributed by atoms with Crippen molar-refractivity contribution in [3.8, 4) is 0 Å². The zero-order valence-corrected chi connectivity index (χ0v) is 10.1. The van der Waals surface area contributed by atoms with Crippen molar-refractivity contribution >= 4 is 0 Å². The van der Waals surface area contributed by atoms with Crippen LogP contribution in [0.15, 0.2) is 22.0 Å². The number of nitrogens with zero attached hydrogens (tertiary/aromatic N) is 2. The minimum absolute atomic E-state index is 0.324. The second-order valence-corrected chi connectivity index (χ2v) is 4.08. The van der Waals surface area contributed by atoms with Crippen molar-refractivity contribution in [2.75, 3.05) is 13.1 Å². The van der Waals surface area contributed by atoms with E-state index in [0.29, 0.717) is 12.5 Å². The third-order valence-electron chi connectivity index (χ3n) is 2.49. The predicted octanol–water partition coefficient (Wildman–Crippen LogP) is -0.207. The summed E-state index contributed by atoms with van der Waals surface area (Å²) in [6, 6.07) is 0. The molecule has 0 saturated carbocycles. The number of hydrogen-bond acceptors (Lipinski definition) is 3. The van der Waals surface area contributed by atoms with Crippen LogP contribution in [0.2, 0.25) is 0 Å². The maximum Gasteiger partial charge on any atom is 0.316 e. The average Bonchev–Trinajstić information content (AvgIpc) is 2.27. The fourth-order valence-electron chi connectivity index (χ4n) is 1.52. The molecule has 90 valence electrons. The molecule has 1 aromatic rings. The Bertz CT molecular complexity index is 447. The lowest BCUT2D eigenvalue weighted by atomic mass is 10.2. The Morgan fingerprint density at radius 1 is 1.31 bits per heavy atom. The van der Waals surface area contributed by atoms with Gasteiger partial charge in [0, 0.05) is 26.0 Å². The molecule has 0 aliphatic heterocycles. The predicted molar refractivity (Wildman–Crippen MR) is 63.7 cm³/mol. The summed E-state index contributed by atoms with van der Waals surface area (Å²) in [6.45, 7) is 6.42. The molecule has 1 rings (SSSR count). The van der Waals surface area contributed by atoms with Gasteiger partial charge in [-0.15, -0.1) is 0 Å². The van der Waals surface area contributed by atoms with Crippen LogP contribution in [0.4, 0.5) is 0 Å². The molecule has 0 aromatic carbocycles. The molecule has 1 atom stereocenters. The number of aromatic nitrogens is 2. The van der Waals surface area contributed by atoms with Gasteiger partial charge in [0.05, 0.1) is 0 Å². The van der Waals surface area contributed by atoms with Crippen molar-refractivity contribution in [1.29, 1.82) is 0 Å². The summed E-state index contributed by atoms with van der Waals surface area (Å²) < 4.78 is 2.78. The van der Waals surface area contributed by atoms with Crippen molar-refractivity contribution in [3.05, 3.63) is 33.1 Å². The third-order valence-corrected chi connectivity index (χ3v) is 2.49. The van der Waals surface area contributed by atoms with Gasteiger partial charge >= 0.3 is 11.1 Å². The maximum atomic E-state index is 11.6. The van der Waals surface area contributed by atoms with Crippen LogP contribution in [0, 0.1) is 5.92 Å². The van der Waals surface area contributed by atoms with E-state index in [1.807, 2.05) is 13.8 Å². The van der Waals surface area contributed by atoms with Gasteiger partial charge in [-0.2, -0.15) is 0 Å². The van der Waals surface area contributed by atoms with Crippen LogP contribution >= 0.6 is 0 Å². The van der Waals surface area contributed by atoms with E-state index in [-0.39, 0.29) is 0 Å². The molecule has 0 amide bonds. The average molecular weight is 225 g/mol. The molecule has 0 fully saturated rings. The van der Waals surface area contributed by atoms with E-state index in [0.717, 1.165) is 13.1 Å². The minimum Gasteiger partial charge on any atom is -0.317 e. The zero-order chi connectivity index (χ0) is 12.1. The highest BCUT2D eigenvalue weighted by Crippen LogP contribution is 1.95. The van der Waals surface area contributed by atoms with Crippen LogP contribution in [0.5, 0.6) is 0 Å². The lowest BCUT2D eigenvalue weighted by Crippen LogP contribution is -2.41. The Morgan fingerprint density at radius 3 is 2.62 bits per heavy atom. The quantitative estimate of drug-likeness (QED) is 0.706. The van der Waals surface area contributed by atoms with Crippen LogP contribution in [0.3, 0.4) is 0 Å². The van der Waals surface area contributed by atoms with Crippen molar-refractivity contribution in [3.63, 3.8) is 0 Å². The first-order chi connectivity index (χ1) is 7.56. The van der Waals surface area contributed by atoms with Gasteiger partial charge in [-0.05, 0) is 19.0 Å². The second-order valence-electron chi connectivity index (χ2n) is 4.08. The highest BCUT2D eigenvalue weighted by Gasteiger charge is 2.06. The van der Waals surface area contributed by atoms with Crippen LogP contribution in [-0.4, -0.2) is 22.2 Å². The molecular weight excluding hydrogens is 206 g/mol. The molecule has 0 aliphatic carbocycles. The fourth-order valence-corrected chi connectivity index (χ4v) is 1.52. The molecule has 0 spiro atoms. The van der Waals surface area contributed by atoms with E-state index in [1.54, 1.807) is 19.4 Å². The summed E-state index contributed by atoms with van der Waals surface area (Å²) in [5.74, 6) is 0.324. The summed E-state index contributed by atoms with van der Waals surface area (Å²) in [5.41, 5.74) is -0.925. The van der Waals surface area contributed by atoms with Gasteiger partial charge in [-0.3, -0.25) is 9.59 Å². The summed E-state index contributed by atoms with van der Waals surface area (Å²) in [7, 11) is 1.58. The summed E-state index contributed by atoms with van der Waals surface area (Å²) >= 11 is 0. The van der Waals surface area contributed by atoms with Gasteiger partial charge in [0.2, 0.25) is 0 Å². The molecule has 1 heterocycles. The van der Waals surface area contributed by atoms with E-state index in [2.05, 4.69) is 5.32 Å². The molecular formula is C11H19N3O2. The Balaban J connectivity index is 2.79. The molecule has 1 aromatic heterocycles. The SMILES string of the molecule is CCNCC(C)Cn1ccn(C)c(=O)c1=O. The number of hydrogen-bond donors (Lipinski definition) is 1. The van der Waals surface area contributed by atoms with Gasteiger partial charge in [-0.1, -0.05) is 13.8 Å². The monoisotopic (exact) mass is 225 g/mol. The third kappa shape index (κ3) is 3.06. The van der Waals surface area contributed by atoms with E-state index in [9.17, 15) is 9.59 Å². The highest BCUT2D eigenvalue weighted by atomic mass is 16.2. The molecule has 1 N–H and O–H groups in total. The van der Waals surface area contributed by atoms with E-state index < -0.39 is 11.1 Å². The van der Waals surface area contributed by atoms with Crippen LogP contribution in [-0.2, 0) is 13.6 Å². The zero-order valence-electron chi connectivity index (χ0n) is 10.1. The molecule has 0 aliphatic rings. The van der Waals surface area contributed by atoms with Crippen molar-refractivity contribution in [2.45, 2.75) is 20.4 Å². The molecule has 0 bridgehead atoms. The fraction of sp³-hybridized carbons (Fsp3) is 0.636. The standard InChI is InChI=1S/C11H19N3O2/c1-4-12-7-9(2)8-14-6-5-13(3)10(15)11(14)16/h5-6,9,12H,4,7-8H2,1-3H3. The van der Waals surface area contributed by atoms with E-state index in [1.165, 1.54) is 9.13 Å². The number of aryl methyl sites for hydroxylation is 1. The van der Waals surface area contributed by atoms with E-state index >= 15 is 0 Å². The van der Waals surface area contributed by atoms with Gasteiger partial charge in [0.15, 0.2) is 0 Å². The molecule has 0 saturated heterocycles. The van der Waals surface area contributed by atoms with Crippen LogP contribution in [0.25, 0.3) is 0 Å². The van der Waals surface area contributed by atoms with E-state index in [4.69, 9.17) is 0 Å². The van der Waals surface area contributed by atoms with Crippen molar-refractivity contribution in [1.82, 2.24) is 14.5 Å². The summed E-state index contributed by atoms with van der Waals surface area (Å²) in [5, 5.41) is 3.22. The molecule has 5 nitrogen and oxygen atoms in total. The lowest BCUT2D eigenvalue weighted by Gasteiger charge is -2.13. The van der Waals surface area contributed by atoms with Gasteiger partial charge in [-0.25, -0.2) is 0 Å². The Labute approximate surface area is 94.7 Å². The number of rotatable bonds is 5. The largest absolute Gasteiger partial charge is 0.317 e. The van der Waals surface area contributed by atoms with Crippen molar-refractivity contribution < 1.29 is 0 Å². The van der Waals surface area contributed by atoms with Crippen LogP contribution < -0.4 is 16.4 Å². The second kappa shape index (κ2) is 5.65. The van der Waals surface area contributed by atoms with Gasteiger partial charge in [0.1, 0.15) is 0 Å². The highest BCUT2D eigenvalue weighted by molar-refractivity contribution is 4.85. The first-order valence-corrected chi connectivity index (χ1v) is 5.53. The molecule has 1 unspecified atom stereocenters. The first kappa shape index (κ1) is 12.7. The Morgan fingerprint density at radius 2 is 2.00 bits per heavy atom. The summed E-state index contributed by atoms with van der Waals surface area (Å²) in [6.07, 6.45) is 3.27. The number of nitrogens with one attached hydrogen (secondary N) is 1. The summed E-state index contributed by atoms with van der Waals surface area (Å²) in [4.78, 5) is 23.0. The first-order valence-electron chi connectivity index (χ1n) is 5.53. The lowest BCUT2D eigenvalue weighted by molar-refractivity contribution is 0.439. The van der Waals surface area contributed by atoms with Crippen molar-refractivity contribution in [2.24, 2.45) is 13.0 Å². The normalized spacial score (nSPS) is 12.7. The Kier molecular flexibility index (Phi) is 4.49. The maximum absolute atomic E-state index is 11.6. The topological polar surface area (TPSA) is 56.0 Å². The molecule has 0 radical (unpaired) electrons. The molecule has 5 heteroatoms. The molecule has 16 heavy (non-hydrogen) atoms.